The maximum absolute atomic E-state index is 12.6. The van der Waals surface area contributed by atoms with Crippen LogP contribution in [0.5, 0.6) is 0 Å². The molecule has 2 aliphatic rings. The molecule has 2 aliphatic heterocycles. The van der Waals surface area contributed by atoms with E-state index in [1.807, 2.05) is 18.2 Å². The monoisotopic (exact) mass is 453 g/mol. The second-order valence-electron chi connectivity index (χ2n) is 9.62. The van der Waals surface area contributed by atoms with Crippen LogP contribution in [0.4, 0.5) is 0 Å². The summed E-state index contributed by atoms with van der Waals surface area (Å²) in [5.41, 5.74) is 2.14. The number of aryl methyl sites for hydroxylation is 1. The third kappa shape index (κ3) is 6.42. The van der Waals surface area contributed by atoms with E-state index in [4.69, 9.17) is 4.52 Å². The smallest absolute Gasteiger partial charge is 0.241 e. The first-order valence-corrected chi connectivity index (χ1v) is 12.8. The lowest BCUT2D eigenvalue weighted by molar-refractivity contribution is -0.126. The van der Waals surface area contributed by atoms with Gasteiger partial charge in [-0.2, -0.15) is 4.98 Å². The van der Waals surface area contributed by atoms with Crippen molar-refractivity contribution in [1.29, 1.82) is 0 Å². The molecule has 4 rings (SSSR count). The van der Waals surface area contributed by atoms with E-state index in [0.29, 0.717) is 18.3 Å². The highest BCUT2D eigenvalue weighted by Gasteiger charge is 2.26. The van der Waals surface area contributed by atoms with E-state index >= 15 is 0 Å². The first-order chi connectivity index (χ1) is 16.1. The van der Waals surface area contributed by atoms with Crippen molar-refractivity contribution in [3.63, 3.8) is 0 Å². The molecule has 3 heterocycles. The van der Waals surface area contributed by atoms with Gasteiger partial charge in [0.15, 0.2) is 0 Å². The number of hydrogen-bond donors (Lipinski definition) is 1. The standard InChI is InChI=1S/C26H39N5O2/c1-3-22-10-6-7-15-31(22)16-8-14-27-26(32)21-12-17-30(18-13-21)19-24-28-25(29-33-24)23-11-5-4-9-20(23)2/h4-5,9,11,21-22H,3,6-8,10,12-19H2,1-2H3,(H,27,32). The Balaban J connectivity index is 1.15. The van der Waals surface area contributed by atoms with Gasteiger partial charge in [-0.3, -0.25) is 9.69 Å². The maximum Gasteiger partial charge on any atom is 0.241 e. The molecule has 1 amide bonds. The van der Waals surface area contributed by atoms with Gasteiger partial charge >= 0.3 is 0 Å². The highest BCUT2D eigenvalue weighted by Crippen LogP contribution is 2.23. The van der Waals surface area contributed by atoms with Crippen LogP contribution in [0.3, 0.4) is 0 Å². The molecule has 7 nitrogen and oxygen atoms in total. The molecular weight excluding hydrogens is 414 g/mol. The lowest BCUT2D eigenvalue weighted by Crippen LogP contribution is -2.42. The summed E-state index contributed by atoms with van der Waals surface area (Å²) >= 11 is 0. The number of hydrogen-bond acceptors (Lipinski definition) is 6. The van der Waals surface area contributed by atoms with E-state index in [9.17, 15) is 4.79 Å². The Bertz CT molecular complexity index is 890. The van der Waals surface area contributed by atoms with Crippen LogP contribution < -0.4 is 5.32 Å². The Morgan fingerprint density at radius 1 is 1.15 bits per heavy atom. The molecular formula is C26H39N5O2. The highest BCUT2D eigenvalue weighted by atomic mass is 16.5. The molecule has 1 aromatic carbocycles. The molecule has 1 unspecified atom stereocenters. The van der Waals surface area contributed by atoms with Crippen molar-refractivity contribution < 1.29 is 9.32 Å². The zero-order valence-corrected chi connectivity index (χ0v) is 20.3. The van der Waals surface area contributed by atoms with Crippen molar-refractivity contribution in [2.75, 3.05) is 32.7 Å². The quantitative estimate of drug-likeness (QED) is 0.578. The Morgan fingerprint density at radius 3 is 2.76 bits per heavy atom. The van der Waals surface area contributed by atoms with Crippen molar-refractivity contribution in [3.8, 4) is 11.4 Å². The van der Waals surface area contributed by atoms with Crippen LogP contribution in [0.1, 0.15) is 63.3 Å². The third-order valence-corrected chi connectivity index (χ3v) is 7.31. The van der Waals surface area contributed by atoms with Crippen LogP contribution in [-0.4, -0.2) is 64.6 Å². The summed E-state index contributed by atoms with van der Waals surface area (Å²) < 4.78 is 5.50. The van der Waals surface area contributed by atoms with E-state index in [-0.39, 0.29) is 11.8 Å². The summed E-state index contributed by atoms with van der Waals surface area (Å²) in [4.78, 5) is 22.2. The number of likely N-dealkylation sites (tertiary alicyclic amines) is 2. The third-order valence-electron chi connectivity index (χ3n) is 7.31. The summed E-state index contributed by atoms with van der Waals surface area (Å²) in [6.45, 7) is 9.86. The summed E-state index contributed by atoms with van der Waals surface area (Å²) in [6.07, 6.45) is 8.06. The van der Waals surface area contributed by atoms with Crippen molar-refractivity contribution >= 4 is 5.91 Å². The fourth-order valence-corrected chi connectivity index (χ4v) is 5.25. The predicted molar refractivity (Wildman–Crippen MR) is 130 cm³/mol. The topological polar surface area (TPSA) is 74.5 Å². The first-order valence-electron chi connectivity index (χ1n) is 12.8. The van der Waals surface area contributed by atoms with Crippen LogP contribution in [0.2, 0.25) is 0 Å². The largest absolute Gasteiger partial charge is 0.356 e. The summed E-state index contributed by atoms with van der Waals surface area (Å²) in [7, 11) is 0. The normalized spacial score (nSPS) is 20.7. The predicted octanol–water partition coefficient (Wildman–Crippen LogP) is 4.03. The fourth-order valence-electron chi connectivity index (χ4n) is 5.25. The molecule has 0 bridgehead atoms. The maximum atomic E-state index is 12.6. The number of aromatic nitrogens is 2. The molecule has 1 atom stereocenters. The van der Waals surface area contributed by atoms with E-state index in [2.05, 4.69) is 45.2 Å². The molecule has 2 fully saturated rings. The molecule has 33 heavy (non-hydrogen) atoms. The highest BCUT2D eigenvalue weighted by molar-refractivity contribution is 5.78. The number of nitrogens with one attached hydrogen (secondary N) is 1. The number of benzene rings is 1. The van der Waals surface area contributed by atoms with Crippen molar-refractivity contribution in [3.05, 3.63) is 35.7 Å². The average Bonchev–Trinajstić information content (AvgIpc) is 3.31. The van der Waals surface area contributed by atoms with Gasteiger partial charge in [0.2, 0.25) is 17.6 Å². The number of carbonyl (C=O) groups is 1. The zero-order chi connectivity index (χ0) is 23.0. The van der Waals surface area contributed by atoms with Gasteiger partial charge in [0.1, 0.15) is 0 Å². The van der Waals surface area contributed by atoms with Gasteiger partial charge in [0, 0.05) is 30.6 Å². The minimum absolute atomic E-state index is 0.116. The molecule has 7 heteroatoms. The Morgan fingerprint density at radius 2 is 1.97 bits per heavy atom. The van der Waals surface area contributed by atoms with E-state index < -0.39 is 0 Å². The molecule has 180 valence electrons. The number of amides is 1. The number of carbonyl (C=O) groups excluding carboxylic acids is 1. The van der Waals surface area contributed by atoms with Crippen LogP contribution in [0, 0.1) is 12.8 Å². The van der Waals surface area contributed by atoms with E-state index in [0.717, 1.165) is 62.6 Å². The van der Waals surface area contributed by atoms with Gasteiger partial charge < -0.3 is 14.7 Å². The molecule has 0 radical (unpaired) electrons. The van der Waals surface area contributed by atoms with Crippen molar-refractivity contribution in [1.82, 2.24) is 25.3 Å². The van der Waals surface area contributed by atoms with Crippen LogP contribution in [0.25, 0.3) is 11.4 Å². The molecule has 0 spiro atoms. The van der Waals surface area contributed by atoms with Crippen LogP contribution in [0.15, 0.2) is 28.8 Å². The molecule has 0 saturated carbocycles. The fraction of sp³-hybridized carbons (Fsp3) is 0.654. The van der Waals surface area contributed by atoms with E-state index in [1.54, 1.807) is 0 Å². The lowest BCUT2D eigenvalue weighted by Gasteiger charge is -2.35. The van der Waals surface area contributed by atoms with Crippen molar-refractivity contribution in [2.45, 2.75) is 71.4 Å². The van der Waals surface area contributed by atoms with Crippen LogP contribution >= 0.6 is 0 Å². The molecule has 2 aromatic rings. The van der Waals surface area contributed by atoms with Gasteiger partial charge in [0.25, 0.3) is 0 Å². The van der Waals surface area contributed by atoms with Gasteiger partial charge in [-0.25, -0.2) is 0 Å². The van der Waals surface area contributed by atoms with Gasteiger partial charge in [-0.15, -0.1) is 0 Å². The summed E-state index contributed by atoms with van der Waals surface area (Å²) in [5.74, 6) is 1.62. The number of nitrogens with zero attached hydrogens (tertiary/aromatic N) is 4. The van der Waals surface area contributed by atoms with Gasteiger partial charge in [-0.05, 0) is 70.6 Å². The minimum Gasteiger partial charge on any atom is -0.356 e. The van der Waals surface area contributed by atoms with Crippen molar-refractivity contribution in [2.24, 2.45) is 5.92 Å². The Hall–Kier alpha value is -2.25. The summed E-state index contributed by atoms with van der Waals surface area (Å²) in [6, 6.07) is 8.81. The SMILES string of the molecule is CCC1CCCCN1CCCNC(=O)C1CCN(Cc2nc(-c3ccccc3C)no2)CC1. The van der Waals surface area contributed by atoms with Gasteiger partial charge in [-0.1, -0.05) is 42.8 Å². The zero-order valence-electron chi connectivity index (χ0n) is 20.3. The average molecular weight is 454 g/mol. The lowest BCUT2D eigenvalue weighted by atomic mass is 9.96. The summed E-state index contributed by atoms with van der Waals surface area (Å²) in [5, 5.41) is 7.35. The Kier molecular flexibility index (Phi) is 8.51. The second kappa shape index (κ2) is 11.7. The minimum atomic E-state index is 0.116. The van der Waals surface area contributed by atoms with Crippen LogP contribution in [-0.2, 0) is 11.3 Å². The number of rotatable bonds is 9. The first kappa shape index (κ1) is 23.9. The second-order valence-corrected chi connectivity index (χ2v) is 9.62. The Labute approximate surface area is 197 Å². The molecule has 1 N–H and O–H groups in total. The molecule has 2 saturated heterocycles. The molecule has 1 aromatic heterocycles. The van der Waals surface area contributed by atoms with E-state index in [1.165, 1.54) is 32.2 Å². The van der Waals surface area contributed by atoms with Gasteiger partial charge in [0.05, 0.1) is 6.54 Å². The number of piperidine rings is 2. The molecule has 0 aliphatic carbocycles.